The smallest absolute Gasteiger partial charge is 0.341 e. The first-order chi connectivity index (χ1) is 11.4. The van der Waals surface area contributed by atoms with Crippen LogP contribution in [0.5, 0.6) is 0 Å². The standard InChI is InChI=1S/C16H16BrN3O4/c1-8(14(21)20-16(23)19-10-3-4-10)24-15(22)12-7-18-13-5-2-9(17)6-11(12)13/h2,5-8,10,18H,3-4H2,1H3,(H2,19,20,21,23). The number of nitrogens with one attached hydrogen (secondary N) is 3. The molecule has 8 heteroatoms. The number of H-pyrrole nitrogens is 1. The van der Waals surface area contributed by atoms with Gasteiger partial charge in [-0.1, -0.05) is 15.9 Å². The van der Waals surface area contributed by atoms with Gasteiger partial charge in [0.15, 0.2) is 6.10 Å². The predicted octanol–water partition coefficient (Wildman–Crippen LogP) is 2.46. The molecule has 1 heterocycles. The third kappa shape index (κ3) is 3.76. The Morgan fingerprint density at radius 1 is 1.33 bits per heavy atom. The van der Waals surface area contributed by atoms with Crippen LogP contribution in [0.2, 0.25) is 0 Å². The van der Waals surface area contributed by atoms with E-state index in [0.29, 0.717) is 10.9 Å². The van der Waals surface area contributed by atoms with E-state index in [9.17, 15) is 14.4 Å². The van der Waals surface area contributed by atoms with Gasteiger partial charge in [-0.3, -0.25) is 10.1 Å². The molecule has 3 rings (SSSR count). The van der Waals surface area contributed by atoms with Crippen molar-refractivity contribution >= 4 is 44.7 Å². The Morgan fingerprint density at radius 3 is 2.79 bits per heavy atom. The Kier molecular flexibility index (Phi) is 4.57. The maximum absolute atomic E-state index is 12.3. The number of hydrogen-bond acceptors (Lipinski definition) is 4. The largest absolute Gasteiger partial charge is 0.449 e. The van der Waals surface area contributed by atoms with Gasteiger partial charge >= 0.3 is 12.0 Å². The molecule has 2 aromatic rings. The number of benzene rings is 1. The van der Waals surface area contributed by atoms with Gasteiger partial charge in [-0.2, -0.15) is 0 Å². The van der Waals surface area contributed by atoms with E-state index in [4.69, 9.17) is 4.74 Å². The maximum Gasteiger partial charge on any atom is 0.341 e. The second-order valence-corrected chi connectivity index (χ2v) is 6.59. The molecule has 0 saturated heterocycles. The Balaban J connectivity index is 1.63. The molecule has 7 nitrogen and oxygen atoms in total. The van der Waals surface area contributed by atoms with E-state index in [1.54, 1.807) is 6.07 Å². The zero-order valence-electron chi connectivity index (χ0n) is 12.9. The molecule has 3 N–H and O–H groups in total. The van der Waals surface area contributed by atoms with Crippen molar-refractivity contribution in [2.45, 2.75) is 31.9 Å². The van der Waals surface area contributed by atoms with E-state index in [2.05, 4.69) is 31.5 Å². The molecule has 1 saturated carbocycles. The first kappa shape index (κ1) is 16.5. The summed E-state index contributed by atoms with van der Waals surface area (Å²) in [6.07, 6.45) is 2.29. The van der Waals surface area contributed by atoms with Crippen LogP contribution in [-0.4, -0.2) is 35.0 Å². The Labute approximate surface area is 146 Å². The summed E-state index contributed by atoms with van der Waals surface area (Å²) in [5, 5.41) is 5.48. The molecule has 1 aromatic carbocycles. The molecular formula is C16H16BrN3O4. The van der Waals surface area contributed by atoms with Crippen LogP contribution in [0.25, 0.3) is 10.9 Å². The van der Waals surface area contributed by atoms with Crippen LogP contribution >= 0.6 is 15.9 Å². The quantitative estimate of drug-likeness (QED) is 0.694. The van der Waals surface area contributed by atoms with Crippen molar-refractivity contribution in [2.24, 2.45) is 0 Å². The fourth-order valence-electron chi connectivity index (χ4n) is 2.20. The van der Waals surface area contributed by atoms with E-state index in [0.717, 1.165) is 22.8 Å². The minimum atomic E-state index is -1.08. The van der Waals surface area contributed by atoms with Gasteiger partial charge in [0.25, 0.3) is 5.91 Å². The van der Waals surface area contributed by atoms with Crippen LogP contribution in [-0.2, 0) is 9.53 Å². The van der Waals surface area contributed by atoms with Crippen molar-refractivity contribution in [3.05, 3.63) is 34.4 Å². The molecule has 0 bridgehead atoms. The molecule has 1 aromatic heterocycles. The molecule has 0 radical (unpaired) electrons. The first-order valence-corrected chi connectivity index (χ1v) is 8.32. The minimum absolute atomic E-state index is 0.139. The molecule has 1 aliphatic carbocycles. The normalized spacial score (nSPS) is 14.9. The lowest BCUT2D eigenvalue weighted by Gasteiger charge is -2.13. The molecule has 126 valence electrons. The number of carbonyl (C=O) groups excluding carboxylic acids is 3. The van der Waals surface area contributed by atoms with Gasteiger partial charge in [-0.05, 0) is 38.0 Å². The summed E-state index contributed by atoms with van der Waals surface area (Å²) in [7, 11) is 0. The van der Waals surface area contributed by atoms with Crippen molar-refractivity contribution in [2.75, 3.05) is 0 Å². The highest BCUT2D eigenvalue weighted by molar-refractivity contribution is 9.10. The number of aromatic nitrogens is 1. The van der Waals surface area contributed by atoms with E-state index in [1.807, 2.05) is 12.1 Å². The first-order valence-electron chi connectivity index (χ1n) is 7.53. The van der Waals surface area contributed by atoms with E-state index < -0.39 is 24.0 Å². The summed E-state index contributed by atoms with van der Waals surface area (Å²) in [6.45, 7) is 1.42. The molecule has 1 unspecified atom stereocenters. The fraction of sp³-hybridized carbons (Fsp3) is 0.312. The van der Waals surface area contributed by atoms with Gasteiger partial charge in [0.2, 0.25) is 0 Å². The summed E-state index contributed by atoms with van der Waals surface area (Å²) in [4.78, 5) is 38.7. The number of carbonyl (C=O) groups is 3. The van der Waals surface area contributed by atoms with E-state index in [-0.39, 0.29) is 6.04 Å². The van der Waals surface area contributed by atoms with Crippen LogP contribution < -0.4 is 10.6 Å². The summed E-state index contributed by atoms with van der Waals surface area (Å²) < 4.78 is 5.98. The van der Waals surface area contributed by atoms with Gasteiger partial charge in [-0.25, -0.2) is 9.59 Å². The Morgan fingerprint density at radius 2 is 2.08 bits per heavy atom. The minimum Gasteiger partial charge on any atom is -0.449 e. The predicted molar refractivity (Wildman–Crippen MR) is 90.6 cm³/mol. The molecule has 0 aliphatic heterocycles. The Bertz CT molecular complexity index is 813. The highest BCUT2D eigenvalue weighted by Gasteiger charge is 2.26. The number of rotatable bonds is 4. The molecule has 24 heavy (non-hydrogen) atoms. The van der Waals surface area contributed by atoms with Gasteiger partial charge < -0.3 is 15.0 Å². The van der Waals surface area contributed by atoms with Crippen LogP contribution in [0.4, 0.5) is 4.79 Å². The second-order valence-electron chi connectivity index (χ2n) is 5.68. The molecule has 0 spiro atoms. The number of amides is 3. The molecule has 1 aliphatic rings. The average Bonchev–Trinajstić information content (AvgIpc) is 3.23. The van der Waals surface area contributed by atoms with Crippen molar-refractivity contribution in [1.82, 2.24) is 15.6 Å². The van der Waals surface area contributed by atoms with Gasteiger partial charge in [-0.15, -0.1) is 0 Å². The SMILES string of the molecule is CC(OC(=O)c1c[nH]c2ccc(Br)cc12)C(=O)NC(=O)NC1CC1. The lowest BCUT2D eigenvalue weighted by Crippen LogP contribution is -2.45. The zero-order valence-corrected chi connectivity index (χ0v) is 14.5. The number of halogens is 1. The lowest BCUT2D eigenvalue weighted by atomic mass is 10.2. The number of hydrogen-bond donors (Lipinski definition) is 3. The monoisotopic (exact) mass is 393 g/mol. The number of ether oxygens (including phenoxy) is 1. The van der Waals surface area contributed by atoms with Gasteiger partial charge in [0.05, 0.1) is 5.56 Å². The number of aromatic amines is 1. The van der Waals surface area contributed by atoms with E-state index >= 15 is 0 Å². The zero-order chi connectivity index (χ0) is 17.3. The second kappa shape index (κ2) is 6.64. The highest BCUT2D eigenvalue weighted by atomic mass is 79.9. The summed E-state index contributed by atoms with van der Waals surface area (Å²) in [5.74, 6) is -1.30. The molecule has 1 fully saturated rings. The topological polar surface area (TPSA) is 100 Å². The summed E-state index contributed by atoms with van der Waals surface area (Å²) >= 11 is 3.35. The van der Waals surface area contributed by atoms with Crippen molar-refractivity contribution < 1.29 is 19.1 Å². The van der Waals surface area contributed by atoms with Crippen LogP contribution in [0.1, 0.15) is 30.1 Å². The molecular weight excluding hydrogens is 378 g/mol. The van der Waals surface area contributed by atoms with Crippen molar-refractivity contribution in [1.29, 1.82) is 0 Å². The lowest BCUT2D eigenvalue weighted by molar-refractivity contribution is -0.127. The molecule has 1 atom stereocenters. The van der Waals surface area contributed by atoms with Crippen LogP contribution in [0, 0.1) is 0 Å². The Hall–Kier alpha value is -2.35. The summed E-state index contributed by atoms with van der Waals surface area (Å²) in [5.41, 5.74) is 1.11. The van der Waals surface area contributed by atoms with Crippen LogP contribution in [0.3, 0.4) is 0 Å². The van der Waals surface area contributed by atoms with Gasteiger partial charge in [0.1, 0.15) is 0 Å². The number of fused-ring (bicyclic) bond motifs is 1. The number of imide groups is 1. The van der Waals surface area contributed by atoms with Crippen molar-refractivity contribution in [3.8, 4) is 0 Å². The third-order valence-electron chi connectivity index (χ3n) is 3.67. The molecule has 3 amide bonds. The van der Waals surface area contributed by atoms with Gasteiger partial charge in [0, 0.05) is 27.6 Å². The third-order valence-corrected chi connectivity index (χ3v) is 4.16. The number of urea groups is 1. The van der Waals surface area contributed by atoms with E-state index in [1.165, 1.54) is 13.1 Å². The van der Waals surface area contributed by atoms with Crippen LogP contribution in [0.15, 0.2) is 28.9 Å². The number of esters is 1. The van der Waals surface area contributed by atoms with Crippen molar-refractivity contribution in [3.63, 3.8) is 0 Å². The highest BCUT2D eigenvalue weighted by Crippen LogP contribution is 2.23. The average molecular weight is 394 g/mol. The fourth-order valence-corrected chi connectivity index (χ4v) is 2.56. The summed E-state index contributed by atoms with van der Waals surface area (Å²) in [6, 6.07) is 5.04. The maximum atomic E-state index is 12.3.